The Balaban J connectivity index is 1.61. The molecule has 0 saturated heterocycles. The van der Waals surface area contributed by atoms with Crippen LogP contribution in [0.1, 0.15) is 43.7 Å². The molecule has 4 N–H and O–H groups in total. The Hall–Kier alpha value is -2.66. The maximum Gasteiger partial charge on any atom is 0.245 e. The third-order valence-electron chi connectivity index (χ3n) is 4.81. The molecular formula is C21H25N3O2. The second-order valence-corrected chi connectivity index (χ2v) is 6.78. The molecule has 0 heterocycles. The second-order valence-electron chi connectivity index (χ2n) is 6.78. The monoisotopic (exact) mass is 351 g/mol. The number of anilines is 2. The molecule has 0 bridgehead atoms. The van der Waals surface area contributed by atoms with Gasteiger partial charge in [-0.3, -0.25) is 9.59 Å². The SMILES string of the molecule is NC(C(=O)Nc1cccc(NC(=O)C2CCCCC2)c1)c1ccccc1. The lowest BCUT2D eigenvalue weighted by molar-refractivity contribution is -0.120. The van der Waals surface area contributed by atoms with Gasteiger partial charge in [0.25, 0.3) is 0 Å². The van der Waals surface area contributed by atoms with Crippen molar-refractivity contribution in [2.24, 2.45) is 11.7 Å². The molecule has 3 rings (SSSR count). The van der Waals surface area contributed by atoms with Crippen molar-refractivity contribution in [1.82, 2.24) is 0 Å². The third-order valence-corrected chi connectivity index (χ3v) is 4.81. The van der Waals surface area contributed by atoms with E-state index in [-0.39, 0.29) is 17.7 Å². The number of carbonyl (C=O) groups is 2. The van der Waals surface area contributed by atoms with Crippen molar-refractivity contribution in [1.29, 1.82) is 0 Å². The number of carbonyl (C=O) groups excluding carboxylic acids is 2. The summed E-state index contributed by atoms with van der Waals surface area (Å²) in [4.78, 5) is 24.7. The number of amides is 2. The molecule has 2 aromatic carbocycles. The fourth-order valence-corrected chi connectivity index (χ4v) is 3.32. The molecule has 26 heavy (non-hydrogen) atoms. The van der Waals surface area contributed by atoms with Gasteiger partial charge in [-0.1, -0.05) is 55.7 Å². The third kappa shape index (κ3) is 4.70. The van der Waals surface area contributed by atoms with E-state index in [2.05, 4.69) is 10.6 Å². The van der Waals surface area contributed by atoms with Crippen molar-refractivity contribution >= 4 is 23.2 Å². The van der Waals surface area contributed by atoms with E-state index < -0.39 is 6.04 Å². The van der Waals surface area contributed by atoms with E-state index in [1.165, 1.54) is 6.42 Å². The van der Waals surface area contributed by atoms with Crippen molar-refractivity contribution in [3.8, 4) is 0 Å². The molecule has 2 amide bonds. The zero-order valence-electron chi connectivity index (χ0n) is 14.8. The maximum atomic E-state index is 12.4. The normalized spacial score (nSPS) is 15.9. The van der Waals surface area contributed by atoms with Gasteiger partial charge in [-0.2, -0.15) is 0 Å². The van der Waals surface area contributed by atoms with Gasteiger partial charge in [0, 0.05) is 17.3 Å². The summed E-state index contributed by atoms with van der Waals surface area (Å²) in [5, 5.41) is 5.78. The first-order chi connectivity index (χ1) is 12.6. The van der Waals surface area contributed by atoms with Gasteiger partial charge < -0.3 is 16.4 Å². The van der Waals surface area contributed by atoms with Gasteiger partial charge in [0.2, 0.25) is 11.8 Å². The van der Waals surface area contributed by atoms with E-state index in [1.807, 2.05) is 36.4 Å². The Labute approximate surface area is 154 Å². The molecule has 0 radical (unpaired) electrons. The smallest absolute Gasteiger partial charge is 0.245 e. The first kappa shape index (κ1) is 18.1. The van der Waals surface area contributed by atoms with E-state index >= 15 is 0 Å². The largest absolute Gasteiger partial charge is 0.326 e. The standard InChI is InChI=1S/C21H25N3O2/c22-19(15-8-3-1-4-9-15)21(26)24-18-13-7-12-17(14-18)23-20(25)16-10-5-2-6-11-16/h1,3-4,7-9,12-14,16,19H,2,5-6,10-11,22H2,(H,23,25)(H,24,26). The first-order valence-corrected chi connectivity index (χ1v) is 9.16. The van der Waals surface area contributed by atoms with Crippen molar-refractivity contribution in [2.75, 3.05) is 10.6 Å². The number of benzene rings is 2. The average Bonchev–Trinajstić information content (AvgIpc) is 2.69. The first-order valence-electron chi connectivity index (χ1n) is 9.16. The van der Waals surface area contributed by atoms with Crippen molar-refractivity contribution in [3.05, 3.63) is 60.2 Å². The van der Waals surface area contributed by atoms with Crippen LogP contribution < -0.4 is 16.4 Å². The van der Waals surface area contributed by atoms with Crippen LogP contribution in [0.3, 0.4) is 0 Å². The van der Waals surface area contributed by atoms with Gasteiger partial charge in [-0.15, -0.1) is 0 Å². The van der Waals surface area contributed by atoms with E-state index in [9.17, 15) is 9.59 Å². The van der Waals surface area contributed by atoms with Crippen LogP contribution in [0.25, 0.3) is 0 Å². The highest BCUT2D eigenvalue weighted by Crippen LogP contribution is 2.25. The highest BCUT2D eigenvalue weighted by Gasteiger charge is 2.21. The van der Waals surface area contributed by atoms with Gasteiger partial charge >= 0.3 is 0 Å². The van der Waals surface area contributed by atoms with Crippen LogP contribution in [0.15, 0.2) is 54.6 Å². The van der Waals surface area contributed by atoms with E-state index in [4.69, 9.17) is 5.73 Å². The van der Waals surface area contributed by atoms with Crippen LogP contribution in [0.2, 0.25) is 0 Å². The fourth-order valence-electron chi connectivity index (χ4n) is 3.32. The maximum absolute atomic E-state index is 12.4. The molecule has 1 atom stereocenters. The minimum absolute atomic E-state index is 0.0640. The number of hydrogen-bond acceptors (Lipinski definition) is 3. The van der Waals surface area contributed by atoms with Gasteiger partial charge in [-0.25, -0.2) is 0 Å². The van der Waals surface area contributed by atoms with Gasteiger partial charge in [0.1, 0.15) is 6.04 Å². The lowest BCUT2D eigenvalue weighted by Crippen LogP contribution is -2.28. The summed E-state index contributed by atoms with van der Waals surface area (Å²) in [5.74, 6) is -0.130. The Kier molecular flexibility index (Phi) is 6.02. The molecule has 1 unspecified atom stereocenters. The molecule has 5 heteroatoms. The number of hydrogen-bond donors (Lipinski definition) is 3. The molecule has 136 valence electrons. The fraction of sp³-hybridized carbons (Fsp3) is 0.333. The summed E-state index contributed by atoms with van der Waals surface area (Å²) in [6, 6.07) is 15.7. The number of nitrogens with two attached hydrogens (primary N) is 1. The van der Waals surface area contributed by atoms with Crippen LogP contribution in [0, 0.1) is 5.92 Å². The van der Waals surface area contributed by atoms with E-state index in [0.717, 1.165) is 31.2 Å². The van der Waals surface area contributed by atoms with Gasteiger partial charge in [-0.05, 0) is 36.6 Å². The Morgan fingerprint density at radius 3 is 2.23 bits per heavy atom. The van der Waals surface area contributed by atoms with Crippen LogP contribution in [0.4, 0.5) is 11.4 Å². The van der Waals surface area contributed by atoms with Crippen LogP contribution in [0.5, 0.6) is 0 Å². The molecule has 0 spiro atoms. The van der Waals surface area contributed by atoms with Crippen LogP contribution >= 0.6 is 0 Å². The quantitative estimate of drug-likeness (QED) is 0.765. The second kappa shape index (κ2) is 8.63. The summed E-state index contributed by atoms with van der Waals surface area (Å²) in [6.07, 6.45) is 5.35. The van der Waals surface area contributed by atoms with Crippen molar-refractivity contribution < 1.29 is 9.59 Å². The lowest BCUT2D eigenvalue weighted by atomic mass is 9.88. The average molecular weight is 351 g/mol. The lowest BCUT2D eigenvalue weighted by Gasteiger charge is -2.21. The molecule has 2 aromatic rings. The summed E-state index contributed by atoms with van der Waals surface area (Å²) in [5.41, 5.74) is 8.08. The Bertz CT molecular complexity index is 755. The highest BCUT2D eigenvalue weighted by molar-refractivity contribution is 5.97. The van der Waals surface area contributed by atoms with Crippen molar-refractivity contribution in [3.63, 3.8) is 0 Å². The molecule has 1 fully saturated rings. The highest BCUT2D eigenvalue weighted by atomic mass is 16.2. The Morgan fingerprint density at radius 1 is 0.885 bits per heavy atom. The van der Waals surface area contributed by atoms with Crippen LogP contribution in [-0.4, -0.2) is 11.8 Å². The topological polar surface area (TPSA) is 84.2 Å². The zero-order valence-corrected chi connectivity index (χ0v) is 14.8. The van der Waals surface area contributed by atoms with E-state index in [0.29, 0.717) is 11.4 Å². The van der Waals surface area contributed by atoms with Crippen molar-refractivity contribution in [2.45, 2.75) is 38.1 Å². The Morgan fingerprint density at radius 2 is 1.54 bits per heavy atom. The van der Waals surface area contributed by atoms with Crippen LogP contribution in [-0.2, 0) is 9.59 Å². The summed E-state index contributed by atoms with van der Waals surface area (Å²) in [7, 11) is 0. The predicted octanol–water partition coefficient (Wildman–Crippen LogP) is 3.84. The number of nitrogens with one attached hydrogen (secondary N) is 2. The minimum atomic E-state index is -0.739. The molecule has 5 nitrogen and oxygen atoms in total. The molecule has 0 aromatic heterocycles. The van der Waals surface area contributed by atoms with Gasteiger partial charge in [0.05, 0.1) is 0 Å². The predicted molar refractivity (Wildman–Crippen MR) is 104 cm³/mol. The molecule has 0 aliphatic heterocycles. The summed E-state index contributed by atoms with van der Waals surface area (Å²) < 4.78 is 0. The number of rotatable bonds is 5. The summed E-state index contributed by atoms with van der Waals surface area (Å²) >= 11 is 0. The van der Waals surface area contributed by atoms with Gasteiger partial charge in [0.15, 0.2) is 0 Å². The molecule has 1 aliphatic carbocycles. The molecular weight excluding hydrogens is 326 g/mol. The molecule has 1 aliphatic rings. The summed E-state index contributed by atoms with van der Waals surface area (Å²) in [6.45, 7) is 0. The molecule has 1 saturated carbocycles. The minimum Gasteiger partial charge on any atom is -0.326 e. The van der Waals surface area contributed by atoms with E-state index in [1.54, 1.807) is 18.2 Å². The zero-order chi connectivity index (χ0) is 18.4.